The molecule has 1 unspecified atom stereocenters. The summed E-state index contributed by atoms with van der Waals surface area (Å²) in [5, 5.41) is 24.4. The molecule has 0 saturated carbocycles. The molecule has 0 radical (unpaired) electrons. The number of hydrogen-bond acceptors (Lipinski definition) is 7. The molecule has 3 aromatic carbocycles. The van der Waals surface area contributed by atoms with Crippen LogP contribution in [-0.2, 0) is 16.1 Å². The van der Waals surface area contributed by atoms with Gasteiger partial charge in [-0.1, -0.05) is 48.5 Å². The number of ether oxygens (including phenoxy) is 1. The number of amides is 1. The van der Waals surface area contributed by atoms with Crippen molar-refractivity contribution in [3.05, 3.63) is 128 Å². The van der Waals surface area contributed by atoms with Gasteiger partial charge < -0.3 is 14.7 Å². The molecule has 1 saturated heterocycles. The molecule has 1 aromatic heterocycles. The molecule has 1 aliphatic heterocycles. The van der Waals surface area contributed by atoms with Crippen LogP contribution in [0.1, 0.15) is 22.0 Å². The highest BCUT2D eigenvalue weighted by molar-refractivity contribution is 7.09. The number of aliphatic hydroxyl groups excluding tert-OH is 1. The van der Waals surface area contributed by atoms with Gasteiger partial charge in [-0.15, -0.1) is 11.3 Å². The van der Waals surface area contributed by atoms with Crippen LogP contribution < -0.4 is 4.74 Å². The third kappa shape index (κ3) is 4.85. The molecule has 5 rings (SSSR count). The molecule has 1 N–H and O–H groups in total. The van der Waals surface area contributed by atoms with Gasteiger partial charge in [0.2, 0.25) is 0 Å². The van der Waals surface area contributed by atoms with E-state index >= 15 is 0 Å². The Morgan fingerprint density at radius 1 is 0.946 bits per heavy atom. The highest BCUT2D eigenvalue weighted by Crippen LogP contribution is 2.42. The molecule has 9 heteroatoms. The number of rotatable bonds is 7. The fourth-order valence-electron chi connectivity index (χ4n) is 4.26. The van der Waals surface area contributed by atoms with Crippen molar-refractivity contribution in [2.45, 2.75) is 12.6 Å². The Morgan fingerprint density at radius 2 is 1.70 bits per heavy atom. The van der Waals surface area contributed by atoms with Gasteiger partial charge in [0.1, 0.15) is 17.3 Å². The van der Waals surface area contributed by atoms with Crippen LogP contribution in [0.15, 0.2) is 102 Å². The van der Waals surface area contributed by atoms with Crippen LogP contribution >= 0.6 is 11.3 Å². The number of carbonyl (C=O) groups excluding carboxylic acids is 2. The standard InChI is InChI=1S/C28H20N2O6S/c31-26(19-8-4-9-20(15-19)30(34)35)24-25(29(28(33)27(24)32)17-23-13-6-14-37-23)18-7-5-12-22(16-18)36-21-10-2-1-3-11-21/h1-16,25,31H,17H2/b26-24-. The van der Waals surface area contributed by atoms with E-state index < -0.39 is 28.4 Å². The lowest BCUT2D eigenvalue weighted by atomic mass is 9.95. The number of benzene rings is 3. The topological polar surface area (TPSA) is 110 Å². The largest absolute Gasteiger partial charge is 0.507 e. The molecule has 2 heterocycles. The summed E-state index contributed by atoms with van der Waals surface area (Å²) in [6, 6.07) is 24.2. The van der Waals surface area contributed by atoms with Crippen molar-refractivity contribution >= 4 is 34.5 Å². The molecular weight excluding hydrogens is 492 g/mol. The van der Waals surface area contributed by atoms with Crippen molar-refractivity contribution in [2.24, 2.45) is 0 Å². The lowest BCUT2D eigenvalue weighted by Gasteiger charge is -2.25. The molecule has 1 fully saturated rings. The van der Waals surface area contributed by atoms with E-state index in [-0.39, 0.29) is 23.4 Å². The summed E-state index contributed by atoms with van der Waals surface area (Å²) in [7, 11) is 0. The minimum Gasteiger partial charge on any atom is -0.507 e. The minimum atomic E-state index is -0.930. The van der Waals surface area contributed by atoms with Gasteiger partial charge in [-0.05, 0) is 41.3 Å². The Hall–Kier alpha value is -4.76. The Kier molecular flexibility index (Phi) is 6.53. The summed E-state index contributed by atoms with van der Waals surface area (Å²) in [6.45, 7) is 0.155. The maximum Gasteiger partial charge on any atom is 0.295 e. The Morgan fingerprint density at radius 3 is 2.43 bits per heavy atom. The average molecular weight is 513 g/mol. The SMILES string of the molecule is O=C1C(=O)N(Cc2cccs2)C(c2cccc(Oc3ccccc3)c2)/C1=C(/O)c1cccc([N+](=O)[O-])c1. The van der Waals surface area contributed by atoms with Crippen LogP contribution in [0.4, 0.5) is 5.69 Å². The van der Waals surface area contributed by atoms with Gasteiger partial charge in [-0.2, -0.15) is 0 Å². The predicted molar refractivity (Wildman–Crippen MR) is 138 cm³/mol. The summed E-state index contributed by atoms with van der Waals surface area (Å²) in [6.07, 6.45) is 0. The minimum absolute atomic E-state index is 0.0741. The van der Waals surface area contributed by atoms with Crippen LogP contribution in [-0.4, -0.2) is 26.6 Å². The van der Waals surface area contributed by atoms with Gasteiger partial charge in [-0.25, -0.2) is 0 Å². The first-order valence-corrected chi connectivity index (χ1v) is 12.2. The quantitative estimate of drug-likeness (QED) is 0.106. The first-order chi connectivity index (χ1) is 17.9. The average Bonchev–Trinajstić information content (AvgIpc) is 3.51. The van der Waals surface area contributed by atoms with Gasteiger partial charge in [-0.3, -0.25) is 19.7 Å². The fourth-order valence-corrected chi connectivity index (χ4v) is 4.96. The van der Waals surface area contributed by atoms with Crippen LogP contribution in [0, 0.1) is 10.1 Å². The Bertz CT molecular complexity index is 1510. The number of hydrogen-bond donors (Lipinski definition) is 1. The van der Waals surface area contributed by atoms with E-state index in [1.54, 1.807) is 36.4 Å². The van der Waals surface area contributed by atoms with Gasteiger partial charge in [0.25, 0.3) is 17.4 Å². The number of nitrogens with zero attached hydrogens (tertiary/aromatic N) is 2. The molecule has 1 atom stereocenters. The van der Waals surface area contributed by atoms with Crippen molar-refractivity contribution in [3.63, 3.8) is 0 Å². The molecular formula is C28H20N2O6S. The van der Waals surface area contributed by atoms with Crippen molar-refractivity contribution < 1.29 is 24.4 Å². The third-order valence-corrected chi connectivity index (χ3v) is 6.79. The van der Waals surface area contributed by atoms with Crippen LogP contribution in [0.3, 0.4) is 0 Å². The zero-order valence-electron chi connectivity index (χ0n) is 19.3. The van der Waals surface area contributed by atoms with E-state index in [1.807, 2.05) is 35.7 Å². The smallest absolute Gasteiger partial charge is 0.295 e. The van der Waals surface area contributed by atoms with Gasteiger partial charge in [0.15, 0.2) is 0 Å². The summed E-state index contributed by atoms with van der Waals surface area (Å²) < 4.78 is 5.96. The second-order valence-electron chi connectivity index (χ2n) is 8.30. The molecule has 0 spiro atoms. The number of carbonyl (C=O) groups is 2. The van der Waals surface area contributed by atoms with Crippen LogP contribution in [0.2, 0.25) is 0 Å². The second kappa shape index (κ2) is 10.1. The molecule has 1 amide bonds. The maximum absolute atomic E-state index is 13.3. The van der Waals surface area contributed by atoms with Crippen molar-refractivity contribution in [2.75, 3.05) is 0 Å². The number of non-ortho nitro benzene ring substituents is 1. The molecule has 0 aliphatic carbocycles. The number of para-hydroxylation sites is 1. The zero-order valence-corrected chi connectivity index (χ0v) is 20.1. The van der Waals surface area contributed by atoms with E-state index in [0.29, 0.717) is 17.1 Å². The van der Waals surface area contributed by atoms with E-state index in [1.165, 1.54) is 40.5 Å². The molecule has 0 bridgehead atoms. The van der Waals surface area contributed by atoms with Crippen molar-refractivity contribution in [1.29, 1.82) is 0 Å². The molecule has 8 nitrogen and oxygen atoms in total. The summed E-state index contributed by atoms with van der Waals surface area (Å²) in [5.74, 6) is -1.00. The van der Waals surface area contributed by atoms with E-state index in [9.17, 15) is 24.8 Å². The Labute approximate surface area is 215 Å². The molecule has 184 valence electrons. The van der Waals surface area contributed by atoms with E-state index in [0.717, 1.165) is 4.88 Å². The molecule has 4 aromatic rings. The lowest BCUT2D eigenvalue weighted by molar-refractivity contribution is -0.384. The molecule has 37 heavy (non-hydrogen) atoms. The summed E-state index contributed by atoms with van der Waals surface area (Å²) >= 11 is 1.44. The van der Waals surface area contributed by atoms with Crippen molar-refractivity contribution in [3.8, 4) is 11.5 Å². The number of ketones is 1. The monoisotopic (exact) mass is 512 g/mol. The van der Waals surface area contributed by atoms with E-state index in [4.69, 9.17) is 4.74 Å². The number of nitro groups is 1. The number of nitro benzene ring substituents is 1. The van der Waals surface area contributed by atoms with Crippen molar-refractivity contribution in [1.82, 2.24) is 4.90 Å². The number of aliphatic hydroxyl groups is 1. The van der Waals surface area contributed by atoms with Crippen LogP contribution in [0.25, 0.3) is 5.76 Å². The summed E-state index contributed by atoms with van der Waals surface area (Å²) in [4.78, 5) is 39.4. The number of thiophene rings is 1. The fraction of sp³-hybridized carbons (Fsp3) is 0.0714. The normalized spacial score (nSPS) is 16.6. The maximum atomic E-state index is 13.3. The lowest BCUT2D eigenvalue weighted by Crippen LogP contribution is -2.28. The highest BCUT2D eigenvalue weighted by Gasteiger charge is 2.46. The van der Waals surface area contributed by atoms with Gasteiger partial charge in [0.05, 0.1) is 23.1 Å². The highest BCUT2D eigenvalue weighted by atomic mass is 32.1. The van der Waals surface area contributed by atoms with E-state index in [2.05, 4.69) is 0 Å². The van der Waals surface area contributed by atoms with Gasteiger partial charge in [0, 0.05) is 22.6 Å². The number of likely N-dealkylation sites (tertiary alicyclic amines) is 1. The third-order valence-electron chi connectivity index (χ3n) is 5.93. The van der Waals surface area contributed by atoms with Gasteiger partial charge >= 0.3 is 0 Å². The van der Waals surface area contributed by atoms with Crippen LogP contribution in [0.5, 0.6) is 11.5 Å². The second-order valence-corrected chi connectivity index (χ2v) is 9.33. The summed E-state index contributed by atoms with van der Waals surface area (Å²) in [5.41, 5.74) is 0.242. The number of Topliss-reactive ketones (excluding diaryl/α,β-unsaturated/α-hetero) is 1. The zero-order chi connectivity index (χ0) is 25.9. The predicted octanol–water partition coefficient (Wildman–Crippen LogP) is 6.07. The first-order valence-electron chi connectivity index (χ1n) is 11.3. The Balaban J connectivity index is 1.62. The molecule has 1 aliphatic rings. The first kappa shape index (κ1) is 24.0.